The van der Waals surface area contributed by atoms with E-state index < -0.39 is 0 Å². The highest BCUT2D eigenvalue weighted by atomic mass is 35.5. The van der Waals surface area contributed by atoms with E-state index in [1.165, 1.54) is 4.88 Å². The minimum Gasteiger partial charge on any atom is -0.482 e. The molecule has 0 aliphatic rings. The highest BCUT2D eigenvalue weighted by Crippen LogP contribution is 2.27. The molecule has 4 nitrogen and oxygen atoms in total. The largest absolute Gasteiger partial charge is 0.482 e. The summed E-state index contributed by atoms with van der Waals surface area (Å²) in [6, 6.07) is 12.6. The zero-order valence-corrected chi connectivity index (χ0v) is 16.2. The Hall–Kier alpha value is -1.95. The topological polar surface area (TPSA) is 42.7 Å². The molecule has 0 unspecified atom stereocenters. The number of benzene rings is 1. The van der Waals surface area contributed by atoms with Crippen molar-refractivity contribution in [1.29, 1.82) is 0 Å². The first-order chi connectivity index (χ1) is 12.6. The van der Waals surface area contributed by atoms with E-state index in [0.29, 0.717) is 28.9 Å². The molecule has 1 amide bonds. The van der Waals surface area contributed by atoms with Crippen LogP contribution in [0.25, 0.3) is 0 Å². The molecule has 0 fully saturated rings. The van der Waals surface area contributed by atoms with Gasteiger partial charge in [0, 0.05) is 16.4 Å². The lowest BCUT2D eigenvalue weighted by atomic mass is 10.3. The molecule has 0 atom stereocenters. The van der Waals surface area contributed by atoms with Crippen LogP contribution in [0.4, 0.5) is 0 Å². The fourth-order valence-electron chi connectivity index (χ4n) is 2.41. The van der Waals surface area contributed by atoms with Crippen molar-refractivity contribution in [2.75, 3.05) is 13.2 Å². The van der Waals surface area contributed by atoms with Crippen molar-refractivity contribution in [3.8, 4) is 5.75 Å². The number of rotatable bonds is 8. The minimum absolute atomic E-state index is 0.105. The van der Waals surface area contributed by atoms with Crippen molar-refractivity contribution >= 4 is 40.4 Å². The standard InChI is InChI=1S/C19H17Cl2NO3S/c20-14-5-6-18(17(21)11-14)25-13-19(23)22(12-15-3-1-9-24-15)8-7-16-4-2-10-26-16/h1-6,9-11H,7-8,12-13H2. The van der Waals surface area contributed by atoms with Crippen molar-refractivity contribution in [3.05, 3.63) is 74.8 Å². The molecule has 3 rings (SSSR count). The number of carbonyl (C=O) groups is 1. The molecule has 1 aromatic carbocycles. The van der Waals surface area contributed by atoms with Crippen LogP contribution in [-0.2, 0) is 17.8 Å². The van der Waals surface area contributed by atoms with Crippen LogP contribution in [0.1, 0.15) is 10.6 Å². The van der Waals surface area contributed by atoms with Crippen molar-refractivity contribution in [3.63, 3.8) is 0 Å². The van der Waals surface area contributed by atoms with Gasteiger partial charge in [0.2, 0.25) is 0 Å². The first-order valence-corrected chi connectivity index (χ1v) is 9.66. The highest BCUT2D eigenvalue weighted by Gasteiger charge is 2.17. The van der Waals surface area contributed by atoms with Gasteiger partial charge in [-0.25, -0.2) is 0 Å². The van der Waals surface area contributed by atoms with Crippen LogP contribution in [0.3, 0.4) is 0 Å². The zero-order valence-electron chi connectivity index (χ0n) is 13.9. The summed E-state index contributed by atoms with van der Waals surface area (Å²) in [5.74, 6) is 1.03. The molecule has 7 heteroatoms. The summed E-state index contributed by atoms with van der Waals surface area (Å²) in [6.45, 7) is 0.874. The van der Waals surface area contributed by atoms with Crippen molar-refractivity contribution in [2.24, 2.45) is 0 Å². The molecule has 0 spiro atoms. The number of furan rings is 1. The lowest BCUT2D eigenvalue weighted by Crippen LogP contribution is -2.36. The number of halogens is 2. The second kappa shape index (κ2) is 9.12. The lowest BCUT2D eigenvalue weighted by Gasteiger charge is -2.22. The Morgan fingerprint density at radius 3 is 2.77 bits per heavy atom. The molecule has 2 aromatic heterocycles. The quantitative estimate of drug-likeness (QED) is 0.506. The van der Waals surface area contributed by atoms with Crippen LogP contribution in [0, 0.1) is 0 Å². The van der Waals surface area contributed by atoms with Gasteiger partial charge < -0.3 is 14.1 Å². The summed E-state index contributed by atoms with van der Waals surface area (Å²) >= 11 is 13.6. The Morgan fingerprint density at radius 1 is 1.19 bits per heavy atom. The van der Waals surface area contributed by atoms with E-state index in [4.69, 9.17) is 32.4 Å². The van der Waals surface area contributed by atoms with Crippen LogP contribution in [0.2, 0.25) is 10.0 Å². The number of carbonyl (C=O) groups excluding carboxylic acids is 1. The van der Waals surface area contributed by atoms with Crippen LogP contribution < -0.4 is 4.74 Å². The molecule has 0 radical (unpaired) electrons. The van der Waals surface area contributed by atoms with Gasteiger partial charge >= 0.3 is 0 Å². The zero-order chi connectivity index (χ0) is 18.4. The van der Waals surface area contributed by atoms with Crippen molar-refractivity contribution < 1.29 is 13.9 Å². The summed E-state index contributed by atoms with van der Waals surface area (Å²) in [6.07, 6.45) is 2.38. The predicted octanol–water partition coefficient (Wildman–Crippen LogP) is 5.30. The Kier molecular flexibility index (Phi) is 6.61. The first-order valence-electron chi connectivity index (χ1n) is 8.02. The van der Waals surface area contributed by atoms with Crippen molar-refractivity contribution in [2.45, 2.75) is 13.0 Å². The van der Waals surface area contributed by atoms with Gasteiger partial charge in [-0.05, 0) is 48.2 Å². The number of amides is 1. The maximum Gasteiger partial charge on any atom is 0.260 e. The second-order valence-corrected chi connectivity index (χ2v) is 7.46. The molecule has 0 bridgehead atoms. The number of thiophene rings is 1. The van der Waals surface area contributed by atoms with E-state index in [1.54, 1.807) is 46.8 Å². The molecular formula is C19H17Cl2NO3S. The molecule has 136 valence electrons. The van der Waals surface area contributed by atoms with Gasteiger partial charge in [0.05, 0.1) is 17.8 Å². The van der Waals surface area contributed by atoms with Gasteiger partial charge in [-0.3, -0.25) is 4.79 Å². The van der Waals surface area contributed by atoms with E-state index in [2.05, 4.69) is 6.07 Å². The molecule has 0 saturated heterocycles. The summed E-state index contributed by atoms with van der Waals surface area (Å²) in [7, 11) is 0. The first kappa shape index (κ1) is 18.8. The van der Waals surface area contributed by atoms with Gasteiger partial charge in [0.25, 0.3) is 5.91 Å². The molecule has 3 aromatic rings. The molecule has 26 heavy (non-hydrogen) atoms. The molecule has 0 N–H and O–H groups in total. The number of hydrogen-bond acceptors (Lipinski definition) is 4. The van der Waals surface area contributed by atoms with E-state index >= 15 is 0 Å². The molecule has 0 aliphatic carbocycles. The molecule has 0 saturated carbocycles. The smallest absolute Gasteiger partial charge is 0.260 e. The van der Waals surface area contributed by atoms with Crippen LogP contribution >= 0.6 is 34.5 Å². The SMILES string of the molecule is O=C(COc1ccc(Cl)cc1Cl)N(CCc1cccs1)Cc1ccco1. The predicted molar refractivity (Wildman–Crippen MR) is 104 cm³/mol. The Morgan fingerprint density at radius 2 is 2.08 bits per heavy atom. The summed E-state index contributed by atoms with van der Waals surface area (Å²) in [5.41, 5.74) is 0. The Bertz CT molecular complexity index is 835. The second-order valence-electron chi connectivity index (χ2n) is 5.59. The summed E-state index contributed by atoms with van der Waals surface area (Å²) in [5, 5.41) is 2.92. The third-order valence-electron chi connectivity index (χ3n) is 3.73. The van der Waals surface area contributed by atoms with Gasteiger partial charge in [-0.15, -0.1) is 11.3 Å². The highest BCUT2D eigenvalue weighted by molar-refractivity contribution is 7.09. The Balaban J connectivity index is 1.63. The van der Waals surface area contributed by atoms with Crippen molar-refractivity contribution in [1.82, 2.24) is 4.90 Å². The van der Waals surface area contributed by atoms with E-state index in [-0.39, 0.29) is 12.5 Å². The normalized spacial score (nSPS) is 10.7. The monoisotopic (exact) mass is 409 g/mol. The number of ether oxygens (including phenoxy) is 1. The van der Waals surface area contributed by atoms with Gasteiger partial charge in [0.1, 0.15) is 11.5 Å². The van der Waals surface area contributed by atoms with Gasteiger partial charge in [-0.1, -0.05) is 29.3 Å². The van der Waals surface area contributed by atoms with Gasteiger partial charge in [0.15, 0.2) is 6.61 Å². The summed E-state index contributed by atoms with van der Waals surface area (Å²) < 4.78 is 11.0. The molecular weight excluding hydrogens is 393 g/mol. The fraction of sp³-hybridized carbons (Fsp3) is 0.211. The van der Waals surface area contributed by atoms with Crippen LogP contribution in [0.5, 0.6) is 5.75 Å². The summed E-state index contributed by atoms with van der Waals surface area (Å²) in [4.78, 5) is 15.6. The lowest BCUT2D eigenvalue weighted by molar-refractivity contribution is -0.134. The maximum absolute atomic E-state index is 12.7. The van der Waals surface area contributed by atoms with E-state index in [0.717, 1.165) is 12.2 Å². The molecule has 2 heterocycles. The Labute approximate surface area is 165 Å². The van der Waals surface area contributed by atoms with Crippen LogP contribution in [0.15, 0.2) is 58.5 Å². The molecule has 0 aliphatic heterocycles. The third kappa shape index (κ3) is 5.27. The number of nitrogens with zero attached hydrogens (tertiary/aromatic N) is 1. The van der Waals surface area contributed by atoms with E-state index in [9.17, 15) is 4.79 Å². The third-order valence-corrected chi connectivity index (χ3v) is 5.20. The fourth-order valence-corrected chi connectivity index (χ4v) is 3.57. The average molecular weight is 410 g/mol. The average Bonchev–Trinajstić information content (AvgIpc) is 3.31. The van der Waals surface area contributed by atoms with E-state index in [1.807, 2.05) is 17.5 Å². The van der Waals surface area contributed by atoms with Crippen LogP contribution in [-0.4, -0.2) is 24.0 Å². The maximum atomic E-state index is 12.7. The number of hydrogen-bond donors (Lipinski definition) is 0. The van der Waals surface area contributed by atoms with Gasteiger partial charge in [-0.2, -0.15) is 0 Å². The minimum atomic E-state index is -0.135.